The first-order chi connectivity index (χ1) is 15.6. The second-order valence-electron chi connectivity index (χ2n) is 7.48. The summed E-state index contributed by atoms with van der Waals surface area (Å²) in [4.78, 5) is 36.5. The fraction of sp³-hybridized carbons (Fsp3) is 0.391. The first kappa shape index (κ1) is 22.9. The molecule has 1 atom stereocenters. The van der Waals surface area contributed by atoms with E-state index in [4.69, 9.17) is 4.74 Å². The number of fused-ring (bicyclic) bond motifs is 1. The maximum atomic E-state index is 12.7. The standard InChI is InChI=1S/C23H25N3O3S3/c1-3-14-7-8-15-18(12-14)32-21(20(15)22(28)29-4-2)26-19(27)13-31-23-24-10-9-16(25-23)17-6-5-11-30-17/h5-6,9-11,14H,3-4,7-8,12-13H2,1-2H3,(H,26,27)/t14-/m1/s1. The first-order valence-corrected chi connectivity index (χ1v) is 13.4. The number of hydrogen-bond acceptors (Lipinski definition) is 8. The lowest BCUT2D eigenvalue weighted by Crippen LogP contribution is -2.18. The minimum absolute atomic E-state index is 0.163. The van der Waals surface area contributed by atoms with E-state index in [1.54, 1.807) is 24.5 Å². The van der Waals surface area contributed by atoms with Crippen molar-refractivity contribution in [1.82, 2.24) is 9.97 Å². The Morgan fingerprint density at radius 2 is 2.19 bits per heavy atom. The van der Waals surface area contributed by atoms with Crippen LogP contribution < -0.4 is 5.32 Å². The molecule has 1 aliphatic rings. The van der Waals surface area contributed by atoms with Crippen molar-refractivity contribution >= 4 is 51.3 Å². The van der Waals surface area contributed by atoms with Crippen molar-refractivity contribution in [3.63, 3.8) is 0 Å². The number of aromatic nitrogens is 2. The smallest absolute Gasteiger partial charge is 0.341 e. The van der Waals surface area contributed by atoms with Crippen molar-refractivity contribution < 1.29 is 14.3 Å². The molecule has 3 heterocycles. The number of nitrogens with one attached hydrogen (secondary N) is 1. The van der Waals surface area contributed by atoms with Crippen LogP contribution in [-0.4, -0.2) is 34.2 Å². The zero-order chi connectivity index (χ0) is 22.5. The predicted octanol–water partition coefficient (Wildman–Crippen LogP) is 5.69. The largest absolute Gasteiger partial charge is 0.462 e. The van der Waals surface area contributed by atoms with Gasteiger partial charge >= 0.3 is 5.97 Å². The number of carbonyl (C=O) groups excluding carboxylic acids is 2. The highest BCUT2D eigenvalue weighted by molar-refractivity contribution is 7.99. The van der Waals surface area contributed by atoms with Crippen LogP contribution in [0.1, 0.15) is 47.5 Å². The van der Waals surface area contributed by atoms with Gasteiger partial charge in [0.1, 0.15) is 5.00 Å². The number of thiophene rings is 2. The van der Waals surface area contributed by atoms with Crippen molar-refractivity contribution in [2.24, 2.45) is 5.92 Å². The van der Waals surface area contributed by atoms with Gasteiger partial charge in [-0.05, 0) is 55.2 Å². The van der Waals surface area contributed by atoms with Gasteiger partial charge in [-0.2, -0.15) is 0 Å². The summed E-state index contributed by atoms with van der Waals surface area (Å²) < 4.78 is 5.30. The summed E-state index contributed by atoms with van der Waals surface area (Å²) in [5.74, 6) is 0.255. The number of nitrogens with zero attached hydrogens (tertiary/aromatic N) is 2. The van der Waals surface area contributed by atoms with Gasteiger partial charge in [0.25, 0.3) is 0 Å². The van der Waals surface area contributed by atoms with Crippen molar-refractivity contribution in [2.75, 3.05) is 17.7 Å². The molecule has 0 unspecified atom stereocenters. The highest BCUT2D eigenvalue weighted by atomic mass is 32.2. The highest BCUT2D eigenvalue weighted by Gasteiger charge is 2.29. The molecule has 168 valence electrons. The topological polar surface area (TPSA) is 81.2 Å². The molecule has 1 amide bonds. The number of esters is 1. The Morgan fingerprint density at radius 1 is 1.31 bits per heavy atom. The van der Waals surface area contributed by atoms with E-state index in [0.29, 0.717) is 28.2 Å². The van der Waals surface area contributed by atoms with Gasteiger partial charge in [0.15, 0.2) is 5.16 Å². The van der Waals surface area contributed by atoms with Crippen molar-refractivity contribution in [3.05, 3.63) is 45.8 Å². The molecule has 3 aromatic rings. The first-order valence-electron chi connectivity index (χ1n) is 10.7. The molecule has 0 aliphatic heterocycles. The summed E-state index contributed by atoms with van der Waals surface area (Å²) in [6.45, 7) is 4.30. The molecule has 0 spiro atoms. The molecule has 0 aromatic carbocycles. The zero-order valence-electron chi connectivity index (χ0n) is 18.1. The van der Waals surface area contributed by atoms with E-state index in [0.717, 1.165) is 41.8 Å². The number of rotatable bonds is 8. The Labute approximate surface area is 199 Å². The van der Waals surface area contributed by atoms with Crippen molar-refractivity contribution in [3.8, 4) is 10.6 Å². The van der Waals surface area contributed by atoms with Gasteiger partial charge in [-0.15, -0.1) is 22.7 Å². The fourth-order valence-electron chi connectivity index (χ4n) is 3.77. The lowest BCUT2D eigenvalue weighted by Gasteiger charge is -2.20. The molecule has 6 nitrogen and oxygen atoms in total. The molecule has 9 heteroatoms. The van der Waals surface area contributed by atoms with E-state index in [1.807, 2.05) is 23.6 Å². The second-order valence-corrected chi connectivity index (χ2v) is 10.5. The van der Waals surface area contributed by atoms with Crippen LogP contribution in [0.5, 0.6) is 0 Å². The Balaban J connectivity index is 1.46. The van der Waals surface area contributed by atoms with E-state index >= 15 is 0 Å². The van der Waals surface area contributed by atoms with Gasteiger partial charge in [0, 0.05) is 11.1 Å². The minimum Gasteiger partial charge on any atom is -0.462 e. The third-order valence-electron chi connectivity index (χ3n) is 5.42. The summed E-state index contributed by atoms with van der Waals surface area (Å²) in [5.41, 5.74) is 2.43. The predicted molar refractivity (Wildman–Crippen MR) is 131 cm³/mol. The molecule has 0 saturated carbocycles. The molecule has 4 rings (SSSR count). The summed E-state index contributed by atoms with van der Waals surface area (Å²) in [7, 11) is 0. The van der Waals surface area contributed by atoms with E-state index in [-0.39, 0.29) is 17.6 Å². The summed E-state index contributed by atoms with van der Waals surface area (Å²) in [6.07, 6.45) is 5.70. The van der Waals surface area contributed by atoms with Gasteiger partial charge in [-0.1, -0.05) is 31.2 Å². The van der Waals surface area contributed by atoms with Crippen LogP contribution in [-0.2, 0) is 22.4 Å². The van der Waals surface area contributed by atoms with Gasteiger partial charge < -0.3 is 10.1 Å². The fourth-order valence-corrected chi connectivity index (χ4v) is 6.47. The van der Waals surface area contributed by atoms with Crippen LogP contribution in [0.15, 0.2) is 34.9 Å². The molecule has 1 aliphatic carbocycles. The average molecular weight is 488 g/mol. The van der Waals surface area contributed by atoms with Gasteiger partial charge in [-0.3, -0.25) is 4.79 Å². The number of amides is 1. The van der Waals surface area contributed by atoms with E-state index in [2.05, 4.69) is 22.2 Å². The van der Waals surface area contributed by atoms with Gasteiger partial charge in [0.2, 0.25) is 5.91 Å². The lowest BCUT2D eigenvalue weighted by atomic mass is 9.85. The second kappa shape index (κ2) is 10.6. The summed E-state index contributed by atoms with van der Waals surface area (Å²) in [5, 5.41) is 6.11. The third-order valence-corrected chi connectivity index (χ3v) is 8.34. The average Bonchev–Trinajstić information content (AvgIpc) is 3.45. The number of anilines is 1. The quantitative estimate of drug-likeness (QED) is 0.250. The SMILES string of the molecule is CCOC(=O)c1c(NC(=O)CSc2nccc(-c3cccs3)n2)sc2c1CC[C@@H](CC)C2. The normalized spacial score (nSPS) is 15.2. The number of hydrogen-bond donors (Lipinski definition) is 1. The van der Waals surface area contributed by atoms with Crippen molar-refractivity contribution in [1.29, 1.82) is 0 Å². The van der Waals surface area contributed by atoms with Crippen LogP contribution in [0, 0.1) is 5.92 Å². The summed E-state index contributed by atoms with van der Waals surface area (Å²) >= 11 is 4.41. The maximum absolute atomic E-state index is 12.7. The maximum Gasteiger partial charge on any atom is 0.341 e. The molecule has 0 radical (unpaired) electrons. The number of thioether (sulfide) groups is 1. The van der Waals surface area contributed by atoms with Crippen LogP contribution in [0.25, 0.3) is 10.6 Å². The van der Waals surface area contributed by atoms with E-state index < -0.39 is 0 Å². The van der Waals surface area contributed by atoms with Crippen LogP contribution >= 0.6 is 34.4 Å². The molecule has 1 N–H and O–H groups in total. The minimum atomic E-state index is -0.352. The van der Waals surface area contributed by atoms with Gasteiger partial charge in [-0.25, -0.2) is 14.8 Å². The number of carbonyl (C=O) groups is 2. The van der Waals surface area contributed by atoms with E-state index in [9.17, 15) is 9.59 Å². The molecule has 0 fully saturated rings. The molecule has 32 heavy (non-hydrogen) atoms. The van der Waals surface area contributed by atoms with Gasteiger partial charge in [0.05, 0.1) is 28.5 Å². The highest BCUT2D eigenvalue weighted by Crippen LogP contribution is 2.41. The zero-order valence-corrected chi connectivity index (χ0v) is 20.5. The molecular formula is C23H25N3O3S3. The Morgan fingerprint density at radius 3 is 2.94 bits per heavy atom. The Kier molecular flexibility index (Phi) is 7.59. The summed E-state index contributed by atoms with van der Waals surface area (Å²) in [6, 6.07) is 5.85. The van der Waals surface area contributed by atoms with Crippen LogP contribution in [0.4, 0.5) is 5.00 Å². The Hall–Kier alpha value is -2.23. The third kappa shape index (κ3) is 5.22. The molecular weight excluding hydrogens is 462 g/mol. The van der Waals surface area contributed by atoms with Crippen LogP contribution in [0.3, 0.4) is 0 Å². The monoisotopic (exact) mass is 487 g/mol. The molecule has 3 aromatic heterocycles. The van der Waals surface area contributed by atoms with Crippen molar-refractivity contribution in [2.45, 2.75) is 44.7 Å². The number of ether oxygens (including phenoxy) is 1. The van der Waals surface area contributed by atoms with Crippen LogP contribution in [0.2, 0.25) is 0 Å². The molecule has 0 bridgehead atoms. The Bertz CT molecular complexity index is 1100. The van der Waals surface area contributed by atoms with E-state index in [1.165, 1.54) is 28.0 Å². The molecule has 0 saturated heterocycles. The lowest BCUT2D eigenvalue weighted by molar-refractivity contribution is -0.113.